The van der Waals surface area contributed by atoms with Gasteiger partial charge in [-0.25, -0.2) is 4.79 Å². The van der Waals surface area contributed by atoms with Crippen molar-refractivity contribution < 1.29 is 23.7 Å². The third kappa shape index (κ3) is 4.14. The van der Waals surface area contributed by atoms with Crippen molar-refractivity contribution in [1.29, 1.82) is 0 Å². The maximum absolute atomic E-state index is 12.8. The number of carbonyl (C=O) groups is 2. The van der Waals surface area contributed by atoms with Crippen LogP contribution in [0.2, 0.25) is 0 Å². The molecular formula is C23H16N2O6S. The van der Waals surface area contributed by atoms with Crippen LogP contribution in [0.15, 0.2) is 76.5 Å². The number of esters is 1. The Hall–Kier alpha value is -4.24. The molecule has 0 fully saturated rings. The van der Waals surface area contributed by atoms with Crippen LogP contribution in [-0.2, 0) is 4.74 Å². The number of hydrogen-bond donors (Lipinski definition) is 1. The number of ether oxygens (including phenoxy) is 1. The lowest BCUT2D eigenvalue weighted by Gasteiger charge is -2.07. The number of methoxy groups -OCH3 is 1. The van der Waals surface area contributed by atoms with Gasteiger partial charge in [0, 0.05) is 28.6 Å². The van der Waals surface area contributed by atoms with E-state index in [9.17, 15) is 19.7 Å². The minimum Gasteiger partial charge on any atom is -0.465 e. The van der Waals surface area contributed by atoms with Crippen LogP contribution in [0.3, 0.4) is 0 Å². The molecule has 1 amide bonds. The van der Waals surface area contributed by atoms with Gasteiger partial charge in [-0.05, 0) is 17.7 Å². The summed E-state index contributed by atoms with van der Waals surface area (Å²) in [4.78, 5) is 35.7. The second kappa shape index (κ2) is 8.86. The molecule has 0 aliphatic carbocycles. The second-order valence-corrected chi connectivity index (χ2v) is 7.52. The number of amides is 1. The van der Waals surface area contributed by atoms with Crippen LogP contribution in [-0.4, -0.2) is 23.9 Å². The highest BCUT2D eigenvalue weighted by Crippen LogP contribution is 2.36. The lowest BCUT2D eigenvalue weighted by molar-refractivity contribution is -0.384. The van der Waals surface area contributed by atoms with Crippen molar-refractivity contribution in [3.05, 3.63) is 93.5 Å². The van der Waals surface area contributed by atoms with Crippen molar-refractivity contribution in [3.8, 4) is 22.5 Å². The number of anilines is 1. The summed E-state index contributed by atoms with van der Waals surface area (Å²) in [5.41, 5.74) is 2.10. The zero-order valence-corrected chi connectivity index (χ0v) is 17.5. The molecule has 0 saturated carbocycles. The van der Waals surface area contributed by atoms with Crippen molar-refractivity contribution in [3.63, 3.8) is 0 Å². The third-order valence-corrected chi connectivity index (χ3v) is 5.56. The molecule has 160 valence electrons. The molecule has 4 rings (SSSR count). The molecule has 0 bridgehead atoms. The lowest BCUT2D eigenvalue weighted by Crippen LogP contribution is -2.13. The van der Waals surface area contributed by atoms with Gasteiger partial charge in [0.05, 0.1) is 12.0 Å². The van der Waals surface area contributed by atoms with Gasteiger partial charge in [-0.2, -0.15) is 0 Å². The third-order valence-electron chi connectivity index (χ3n) is 4.66. The molecule has 0 unspecified atom stereocenters. The highest BCUT2D eigenvalue weighted by molar-refractivity contribution is 7.15. The van der Waals surface area contributed by atoms with Gasteiger partial charge in [0.1, 0.15) is 16.3 Å². The molecular weight excluding hydrogens is 432 g/mol. The SMILES string of the molecule is COC(=O)c1c(-c2ccccc2)csc1NC(=O)c1ccc(-c2cccc([N+](=O)[O-])c2)o1. The van der Waals surface area contributed by atoms with E-state index >= 15 is 0 Å². The van der Waals surface area contributed by atoms with Gasteiger partial charge in [-0.3, -0.25) is 14.9 Å². The van der Waals surface area contributed by atoms with E-state index in [0.29, 0.717) is 21.9 Å². The highest BCUT2D eigenvalue weighted by atomic mass is 32.1. The number of thiophene rings is 1. The molecule has 0 saturated heterocycles. The van der Waals surface area contributed by atoms with Crippen LogP contribution in [0.1, 0.15) is 20.9 Å². The number of rotatable bonds is 6. The predicted octanol–water partition coefficient (Wildman–Crippen LogP) is 5.62. The van der Waals surface area contributed by atoms with E-state index in [1.807, 2.05) is 30.3 Å². The molecule has 0 radical (unpaired) electrons. The molecule has 8 nitrogen and oxygen atoms in total. The zero-order chi connectivity index (χ0) is 22.7. The summed E-state index contributed by atoms with van der Waals surface area (Å²) < 4.78 is 10.5. The smallest absolute Gasteiger partial charge is 0.341 e. The first-order valence-corrected chi connectivity index (χ1v) is 10.3. The zero-order valence-electron chi connectivity index (χ0n) is 16.7. The minimum atomic E-state index is -0.572. The number of nitro groups is 1. The lowest BCUT2D eigenvalue weighted by atomic mass is 10.0. The molecule has 0 aliphatic heterocycles. The fourth-order valence-corrected chi connectivity index (χ4v) is 4.09. The monoisotopic (exact) mass is 448 g/mol. The van der Waals surface area contributed by atoms with Gasteiger partial charge in [0.25, 0.3) is 11.6 Å². The van der Waals surface area contributed by atoms with Crippen LogP contribution in [0, 0.1) is 10.1 Å². The number of nitro benzene ring substituents is 1. The normalized spacial score (nSPS) is 10.5. The first-order valence-electron chi connectivity index (χ1n) is 9.39. The Balaban J connectivity index is 1.61. The van der Waals surface area contributed by atoms with Gasteiger partial charge in [-0.15, -0.1) is 11.3 Å². The minimum absolute atomic E-state index is 0.00279. The number of nitrogens with one attached hydrogen (secondary N) is 1. The average molecular weight is 448 g/mol. The van der Waals surface area contributed by atoms with Crippen molar-refractivity contribution in [2.45, 2.75) is 0 Å². The first kappa shape index (κ1) is 21.0. The molecule has 2 aromatic carbocycles. The molecule has 32 heavy (non-hydrogen) atoms. The first-order chi connectivity index (χ1) is 15.5. The summed E-state index contributed by atoms with van der Waals surface area (Å²) in [5, 5.41) is 15.8. The van der Waals surface area contributed by atoms with Crippen molar-refractivity contribution in [1.82, 2.24) is 0 Å². The molecule has 9 heteroatoms. The number of carbonyl (C=O) groups excluding carboxylic acids is 2. The van der Waals surface area contributed by atoms with Crippen molar-refractivity contribution in [2.75, 3.05) is 12.4 Å². The van der Waals surface area contributed by atoms with Gasteiger partial charge < -0.3 is 14.5 Å². The van der Waals surface area contributed by atoms with Crippen molar-refractivity contribution >= 4 is 33.9 Å². The van der Waals surface area contributed by atoms with E-state index in [1.54, 1.807) is 17.5 Å². The highest BCUT2D eigenvalue weighted by Gasteiger charge is 2.23. The predicted molar refractivity (Wildman–Crippen MR) is 120 cm³/mol. The Morgan fingerprint density at radius 3 is 2.50 bits per heavy atom. The molecule has 0 spiro atoms. The fourth-order valence-electron chi connectivity index (χ4n) is 3.14. The van der Waals surface area contributed by atoms with Crippen LogP contribution in [0.4, 0.5) is 10.7 Å². The van der Waals surface area contributed by atoms with Crippen LogP contribution in [0.5, 0.6) is 0 Å². The summed E-state index contributed by atoms with van der Waals surface area (Å²) in [7, 11) is 1.28. The molecule has 1 N–H and O–H groups in total. The number of benzene rings is 2. The largest absolute Gasteiger partial charge is 0.465 e. The number of non-ortho nitro benzene ring substituents is 1. The topological polar surface area (TPSA) is 112 Å². The molecule has 2 heterocycles. The van der Waals surface area contributed by atoms with E-state index in [-0.39, 0.29) is 17.0 Å². The van der Waals surface area contributed by atoms with Gasteiger partial charge in [0.2, 0.25) is 0 Å². The molecule has 0 atom stereocenters. The number of hydrogen-bond acceptors (Lipinski definition) is 7. The Bertz CT molecular complexity index is 1310. The Morgan fingerprint density at radius 1 is 1.03 bits per heavy atom. The molecule has 4 aromatic rings. The number of nitrogens with zero attached hydrogens (tertiary/aromatic N) is 1. The average Bonchev–Trinajstić information content (AvgIpc) is 3.47. The summed E-state index contributed by atoms with van der Waals surface area (Å²) in [6, 6.07) is 18.2. The molecule has 2 aromatic heterocycles. The van der Waals surface area contributed by atoms with Crippen LogP contribution in [0.25, 0.3) is 22.5 Å². The van der Waals surface area contributed by atoms with E-state index in [1.165, 1.54) is 42.7 Å². The maximum atomic E-state index is 12.8. The summed E-state index contributed by atoms with van der Waals surface area (Å²) in [6.45, 7) is 0. The Kier molecular flexibility index (Phi) is 5.82. The van der Waals surface area contributed by atoms with Gasteiger partial charge in [0.15, 0.2) is 5.76 Å². The van der Waals surface area contributed by atoms with E-state index < -0.39 is 16.8 Å². The Morgan fingerprint density at radius 2 is 1.78 bits per heavy atom. The van der Waals surface area contributed by atoms with Crippen LogP contribution >= 0.6 is 11.3 Å². The summed E-state index contributed by atoms with van der Waals surface area (Å²) in [5.74, 6) is -0.828. The van der Waals surface area contributed by atoms with Crippen LogP contribution < -0.4 is 5.32 Å². The number of furan rings is 1. The molecule has 0 aliphatic rings. The maximum Gasteiger partial charge on any atom is 0.341 e. The summed E-state index contributed by atoms with van der Waals surface area (Å²) in [6.07, 6.45) is 0. The Labute approximate surface area is 186 Å². The van der Waals surface area contributed by atoms with Gasteiger partial charge in [-0.1, -0.05) is 42.5 Å². The van der Waals surface area contributed by atoms with E-state index in [2.05, 4.69) is 5.32 Å². The quantitative estimate of drug-likeness (QED) is 0.233. The van der Waals surface area contributed by atoms with Gasteiger partial charge >= 0.3 is 5.97 Å². The standard InChI is InChI=1S/C23H16N2O6S/c1-30-23(27)20-17(14-6-3-2-4-7-14)13-32-22(20)24-21(26)19-11-10-18(31-19)15-8-5-9-16(12-15)25(28)29/h2-13H,1H3,(H,24,26). The van der Waals surface area contributed by atoms with E-state index in [4.69, 9.17) is 9.15 Å². The summed E-state index contributed by atoms with van der Waals surface area (Å²) >= 11 is 1.20. The van der Waals surface area contributed by atoms with E-state index in [0.717, 1.165) is 5.56 Å². The second-order valence-electron chi connectivity index (χ2n) is 6.64. The fraction of sp³-hybridized carbons (Fsp3) is 0.0435. The van der Waals surface area contributed by atoms with Crippen molar-refractivity contribution in [2.24, 2.45) is 0 Å².